The van der Waals surface area contributed by atoms with E-state index in [1.807, 2.05) is 19.1 Å². The second kappa shape index (κ2) is 11.6. The number of para-hydroxylation sites is 1. The van der Waals surface area contributed by atoms with E-state index in [9.17, 15) is 4.39 Å². The Kier molecular flexibility index (Phi) is 9.19. The number of hydrogen-bond donors (Lipinski definition) is 2. The third-order valence-corrected chi connectivity index (χ3v) is 4.82. The highest BCUT2D eigenvalue weighted by atomic mass is 127. The molecule has 1 unspecified atom stereocenters. The van der Waals surface area contributed by atoms with Crippen molar-refractivity contribution >= 4 is 35.6 Å². The predicted molar refractivity (Wildman–Crippen MR) is 126 cm³/mol. The van der Waals surface area contributed by atoms with Crippen molar-refractivity contribution in [1.29, 1.82) is 5.26 Å². The van der Waals surface area contributed by atoms with Gasteiger partial charge in [-0.15, -0.1) is 24.0 Å². The van der Waals surface area contributed by atoms with Gasteiger partial charge in [0.2, 0.25) is 0 Å². The van der Waals surface area contributed by atoms with Crippen LogP contribution < -0.4 is 15.5 Å². The summed E-state index contributed by atoms with van der Waals surface area (Å²) >= 11 is 0. The van der Waals surface area contributed by atoms with Crippen molar-refractivity contribution in [2.75, 3.05) is 24.5 Å². The average Bonchev–Trinajstić information content (AvgIpc) is 2.73. The molecule has 29 heavy (non-hydrogen) atoms. The smallest absolute Gasteiger partial charge is 0.191 e. The first-order chi connectivity index (χ1) is 13.7. The van der Waals surface area contributed by atoms with Crippen molar-refractivity contribution in [3.63, 3.8) is 0 Å². The van der Waals surface area contributed by atoms with E-state index in [2.05, 4.69) is 44.8 Å². The molecular weight excluding hydrogens is 480 g/mol. The fraction of sp³-hybridized carbons (Fsp3) is 0.364. The number of aliphatic imine (C=N–C) groups is 1. The van der Waals surface area contributed by atoms with Gasteiger partial charge in [0.25, 0.3) is 0 Å². The predicted octanol–water partition coefficient (Wildman–Crippen LogP) is 4.04. The molecule has 0 aromatic heterocycles. The normalized spacial score (nSPS) is 16.5. The minimum Gasteiger partial charge on any atom is -0.369 e. The van der Waals surface area contributed by atoms with Crippen LogP contribution in [0.4, 0.5) is 10.1 Å². The zero-order valence-electron chi connectivity index (χ0n) is 16.6. The molecule has 0 aliphatic carbocycles. The summed E-state index contributed by atoms with van der Waals surface area (Å²) in [4.78, 5) is 6.92. The summed E-state index contributed by atoms with van der Waals surface area (Å²) in [6, 6.07) is 17.1. The van der Waals surface area contributed by atoms with Gasteiger partial charge in [-0.2, -0.15) is 5.26 Å². The van der Waals surface area contributed by atoms with E-state index in [0.717, 1.165) is 32.5 Å². The lowest BCUT2D eigenvalue weighted by molar-refractivity contribution is 0.468. The number of hydrogen-bond acceptors (Lipinski definition) is 3. The van der Waals surface area contributed by atoms with Crippen molar-refractivity contribution in [1.82, 2.24) is 10.6 Å². The number of nitrogens with zero attached hydrogens (tertiary/aromatic N) is 3. The summed E-state index contributed by atoms with van der Waals surface area (Å²) in [5.41, 5.74) is 2.03. The third-order valence-electron chi connectivity index (χ3n) is 4.82. The molecule has 1 fully saturated rings. The Labute approximate surface area is 189 Å². The summed E-state index contributed by atoms with van der Waals surface area (Å²) < 4.78 is 14.1. The van der Waals surface area contributed by atoms with Gasteiger partial charge in [-0.3, -0.25) is 0 Å². The minimum absolute atomic E-state index is 0. The number of guanidine groups is 1. The standard InChI is InChI=1S/C22H26FN5.HI/c1-2-25-22(26-15-18-11-10-17(14-24)13-21(18)23)27-19-7-6-12-28(16-19)20-8-4-3-5-9-20;/h3-5,8-11,13,19H,2,6-7,12,15-16H2,1H3,(H2,25,26,27);1H. The zero-order valence-corrected chi connectivity index (χ0v) is 18.9. The minimum atomic E-state index is -0.397. The highest BCUT2D eigenvalue weighted by molar-refractivity contribution is 14.0. The van der Waals surface area contributed by atoms with Crippen molar-refractivity contribution in [2.45, 2.75) is 32.4 Å². The molecule has 0 spiro atoms. The molecular formula is C22H27FIN5. The van der Waals surface area contributed by atoms with E-state index < -0.39 is 5.82 Å². The highest BCUT2D eigenvalue weighted by Crippen LogP contribution is 2.19. The number of piperidine rings is 1. The molecule has 1 aliphatic rings. The number of nitrogens with one attached hydrogen (secondary N) is 2. The van der Waals surface area contributed by atoms with Crippen LogP contribution in [0.2, 0.25) is 0 Å². The first-order valence-corrected chi connectivity index (χ1v) is 9.73. The van der Waals surface area contributed by atoms with Crippen molar-refractivity contribution in [3.8, 4) is 6.07 Å². The Balaban J connectivity index is 0.00000300. The lowest BCUT2D eigenvalue weighted by Crippen LogP contribution is -2.51. The maximum absolute atomic E-state index is 14.1. The van der Waals surface area contributed by atoms with Crippen LogP contribution in [0, 0.1) is 17.1 Å². The van der Waals surface area contributed by atoms with E-state index >= 15 is 0 Å². The number of benzene rings is 2. The van der Waals surface area contributed by atoms with Crippen molar-refractivity contribution < 1.29 is 4.39 Å². The molecule has 5 nitrogen and oxygen atoms in total. The van der Waals surface area contributed by atoms with Crippen LogP contribution in [0.25, 0.3) is 0 Å². The fourth-order valence-corrected chi connectivity index (χ4v) is 3.39. The van der Waals surface area contributed by atoms with Gasteiger partial charge in [-0.05, 0) is 44.0 Å². The zero-order chi connectivity index (χ0) is 19.8. The van der Waals surface area contributed by atoms with Gasteiger partial charge in [0, 0.05) is 36.9 Å². The van der Waals surface area contributed by atoms with E-state index in [4.69, 9.17) is 5.26 Å². The van der Waals surface area contributed by atoms with Crippen LogP contribution in [0.15, 0.2) is 53.5 Å². The molecule has 0 saturated carbocycles. The quantitative estimate of drug-likeness (QED) is 0.365. The molecule has 1 heterocycles. The number of halogens is 2. The Morgan fingerprint density at radius 1 is 1.28 bits per heavy atom. The summed E-state index contributed by atoms with van der Waals surface area (Å²) in [6.07, 6.45) is 2.18. The molecule has 1 atom stereocenters. The maximum atomic E-state index is 14.1. The van der Waals surface area contributed by atoms with Crippen LogP contribution in [0.5, 0.6) is 0 Å². The molecule has 2 aromatic carbocycles. The summed E-state index contributed by atoms with van der Waals surface area (Å²) in [5, 5.41) is 15.6. The molecule has 0 radical (unpaired) electrons. The van der Waals surface area contributed by atoms with E-state index in [1.165, 1.54) is 11.8 Å². The number of rotatable bonds is 5. The first kappa shape index (κ1) is 22.9. The first-order valence-electron chi connectivity index (χ1n) is 9.73. The largest absolute Gasteiger partial charge is 0.369 e. The van der Waals surface area contributed by atoms with Crippen LogP contribution in [-0.4, -0.2) is 31.6 Å². The average molecular weight is 507 g/mol. The SMILES string of the molecule is CCNC(=NCc1ccc(C#N)cc1F)NC1CCCN(c2ccccc2)C1.I. The topological polar surface area (TPSA) is 63.5 Å². The second-order valence-electron chi connectivity index (χ2n) is 6.88. The summed E-state index contributed by atoms with van der Waals surface area (Å²) in [7, 11) is 0. The van der Waals surface area contributed by atoms with Gasteiger partial charge in [-0.25, -0.2) is 9.38 Å². The molecule has 0 amide bonds. The van der Waals surface area contributed by atoms with Gasteiger partial charge in [0.15, 0.2) is 5.96 Å². The molecule has 3 rings (SSSR count). The van der Waals surface area contributed by atoms with Crippen LogP contribution >= 0.6 is 24.0 Å². The number of nitriles is 1. The van der Waals surface area contributed by atoms with E-state index in [0.29, 0.717) is 17.1 Å². The second-order valence-corrected chi connectivity index (χ2v) is 6.88. The van der Waals surface area contributed by atoms with Gasteiger partial charge < -0.3 is 15.5 Å². The van der Waals surface area contributed by atoms with E-state index in [1.54, 1.807) is 12.1 Å². The van der Waals surface area contributed by atoms with Gasteiger partial charge in [-0.1, -0.05) is 24.3 Å². The summed E-state index contributed by atoms with van der Waals surface area (Å²) in [6.45, 7) is 4.92. The van der Waals surface area contributed by atoms with Gasteiger partial charge >= 0.3 is 0 Å². The Morgan fingerprint density at radius 2 is 2.07 bits per heavy atom. The van der Waals surface area contributed by atoms with Crippen LogP contribution in [0.3, 0.4) is 0 Å². The van der Waals surface area contributed by atoms with Gasteiger partial charge in [0.05, 0.1) is 18.2 Å². The third kappa shape index (κ3) is 6.60. The lowest BCUT2D eigenvalue weighted by atomic mass is 10.1. The van der Waals surface area contributed by atoms with E-state index in [-0.39, 0.29) is 36.6 Å². The molecule has 2 aromatic rings. The fourth-order valence-electron chi connectivity index (χ4n) is 3.39. The monoisotopic (exact) mass is 507 g/mol. The molecule has 7 heteroatoms. The van der Waals surface area contributed by atoms with Crippen molar-refractivity contribution in [2.24, 2.45) is 4.99 Å². The van der Waals surface area contributed by atoms with Crippen LogP contribution in [0.1, 0.15) is 30.9 Å². The molecule has 0 bridgehead atoms. The summed E-state index contributed by atoms with van der Waals surface area (Å²) in [5.74, 6) is 0.290. The van der Waals surface area contributed by atoms with Crippen molar-refractivity contribution in [3.05, 3.63) is 65.5 Å². The Morgan fingerprint density at radius 3 is 2.76 bits per heavy atom. The molecule has 1 aliphatic heterocycles. The lowest BCUT2D eigenvalue weighted by Gasteiger charge is -2.35. The molecule has 1 saturated heterocycles. The maximum Gasteiger partial charge on any atom is 0.191 e. The molecule has 154 valence electrons. The number of anilines is 1. The van der Waals surface area contributed by atoms with Crippen LogP contribution in [-0.2, 0) is 6.54 Å². The Hall–Kier alpha value is -2.34. The Bertz CT molecular complexity index is 850. The molecule has 2 N–H and O–H groups in total. The highest BCUT2D eigenvalue weighted by Gasteiger charge is 2.21. The van der Waals surface area contributed by atoms with Gasteiger partial charge in [0.1, 0.15) is 5.82 Å².